The standard InChI is InChI=1S/C13H19NO/c1-10-3-4-13-11(2)8-14(5-6-15)9-12(13)7-10/h3-4,7,11,15H,5-6,8-9H2,1-2H3/t11-/m0/s1. The normalized spacial score (nSPS) is 21.4. The van der Waals surface area contributed by atoms with Gasteiger partial charge in [0.25, 0.3) is 0 Å². The van der Waals surface area contributed by atoms with E-state index in [4.69, 9.17) is 5.11 Å². The zero-order valence-electron chi connectivity index (χ0n) is 9.53. The molecule has 2 rings (SSSR count). The molecule has 0 aromatic heterocycles. The van der Waals surface area contributed by atoms with Crippen LogP contribution in [0.15, 0.2) is 18.2 Å². The summed E-state index contributed by atoms with van der Waals surface area (Å²) in [5, 5.41) is 8.97. The van der Waals surface area contributed by atoms with Crippen LogP contribution in [0.4, 0.5) is 0 Å². The highest BCUT2D eigenvalue weighted by Crippen LogP contribution is 2.28. The fraction of sp³-hybridized carbons (Fsp3) is 0.538. The Morgan fingerprint density at radius 3 is 3.00 bits per heavy atom. The van der Waals surface area contributed by atoms with Gasteiger partial charge in [-0.2, -0.15) is 0 Å². The highest BCUT2D eigenvalue weighted by atomic mass is 16.3. The van der Waals surface area contributed by atoms with Crippen LogP contribution in [0.5, 0.6) is 0 Å². The summed E-state index contributed by atoms with van der Waals surface area (Å²) in [5.74, 6) is 0.584. The maximum atomic E-state index is 8.97. The molecular weight excluding hydrogens is 186 g/mol. The molecule has 0 saturated heterocycles. The first-order chi connectivity index (χ1) is 7.20. The number of hydrogen-bond acceptors (Lipinski definition) is 2. The van der Waals surface area contributed by atoms with Crippen molar-refractivity contribution in [1.29, 1.82) is 0 Å². The van der Waals surface area contributed by atoms with Crippen LogP contribution < -0.4 is 0 Å². The summed E-state index contributed by atoms with van der Waals surface area (Å²) in [5.41, 5.74) is 4.24. The maximum absolute atomic E-state index is 8.97. The third kappa shape index (κ3) is 2.21. The molecule has 1 aromatic rings. The minimum absolute atomic E-state index is 0.258. The number of aliphatic hydroxyl groups excluding tert-OH is 1. The predicted molar refractivity (Wildman–Crippen MR) is 62.0 cm³/mol. The van der Waals surface area contributed by atoms with E-state index in [1.165, 1.54) is 16.7 Å². The van der Waals surface area contributed by atoms with Gasteiger partial charge in [-0.25, -0.2) is 0 Å². The van der Waals surface area contributed by atoms with Gasteiger partial charge >= 0.3 is 0 Å². The molecular formula is C13H19NO. The van der Waals surface area contributed by atoms with Crippen LogP contribution in [-0.2, 0) is 6.54 Å². The van der Waals surface area contributed by atoms with Gasteiger partial charge in [0.2, 0.25) is 0 Å². The lowest BCUT2D eigenvalue weighted by Crippen LogP contribution is -2.34. The van der Waals surface area contributed by atoms with Gasteiger partial charge in [0.15, 0.2) is 0 Å². The summed E-state index contributed by atoms with van der Waals surface area (Å²) in [4.78, 5) is 2.33. The van der Waals surface area contributed by atoms with Gasteiger partial charge in [-0.1, -0.05) is 30.7 Å². The van der Waals surface area contributed by atoms with Crippen molar-refractivity contribution in [3.8, 4) is 0 Å². The number of aryl methyl sites for hydroxylation is 1. The minimum atomic E-state index is 0.258. The second-order valence-electron chi connectivity index (χ2n) is 4.56. The van der Waals surface area contributed by atoms with Crippen molar-refractivity contribution < 1.29 is 5.11 Å². The van der Waals surface area contributed by atoms with Gasteiger partial charge < -0.3 is 5.11 Å². The van der Waals surface area contributed by atoms with Crippen molar-refractivity contribution in [2.75, 3.05) is 19.7 Å². The third-order valence-electron chi connectivity index (χ3n) is 3.17. The number of aliphatic hydroxyl groups is 1. The van der Waals surface area contributed by atoms with Crippen LogP contribution in [0.1, 0.15) is 29.5 Å². The average molecular weight is 205 g/mol. The Bertz CT molecular complexity index is 348. The molecule has 0 aliphatic carbocycles. The number of benzene rings is 1. The second-order valence-corrected chi connectivity index (χ2v) is 4.56. The molecule has 2 heteroatoms. The topological polar surface area (TPSA) is 23.5 Å². The van der Waals surface area contributed by atoms with Crippen molar-refractivity contribution in [3.63, 3.8) is 0 Å². The molecule has 0 unspecified atom stereocenters. The summed E-state index contributed by atoms with van der Waals surface area (Å²) in [7, 11) is 0. The Hall–Kier alpha value is -0.860. The van der Waals surface area contributed by atoms with E-state index in [0.717, 1.165) is 19.6 Å². The Kier molecular flexibility index (Phi) is 3.08. The van der Waals surface area contributed by atoms with Crippen molar-refractivity contribution >= 4 is 0 Å². The first kappa shape index (κ1) is 10.7. The van der Waals surface area contributed by atoms with E-state index in [-0.39, 0.29) is 6.61 Å². The highest BCUT2D eigenvalue weighted by molar-refractivity contribution is 5.35. The highest BCUT2D eigenvalue weighted by Gasteiger charge is 2.21. The fourth-order valence-corrected chi connectivity index (χ4v) is 2.46. The molecule has 2 nitrogen and oxygen atoms in total. The van der Waals surface area contributed by atoms with E-state index < -0.39 is 0 Å². The molecule has 0 saturated carbocycles. The Labute approximate surface area is 91.5 Å². The molecule has 82 valence electrons. The zero-order chi connectivity index (χ0) is 10.8. The van der Waals surface area contributed by atoms with Gasteiger partial charge in [-0.15, -0.1) is 0 Å². The van der Waals surface area contributed by atoms with Crippen molar-refractivity contribution in [2.45, 2.75) is 26.3 Å². The fourth-order valence-electron chi connectivity index (χ4n) is 2.46. The molecule has 1 aromatic carbocycles. The summed E-state index contributed by atoms with van der Waals surface area (Å²) in [6.45, 7) is 7.50. The van der Waals surface area contributed by atoms with Crippen LogP contribution in [0.25, 0.3) is 0 Å². The van der Waals surface area contributed by atoms with Gasteiger partial charge in [0.1, 0.15) is 0 Å². The Balaban J connectivity index is 2.25. The molecule has 0 amide bonds. The lowest BCUT2D eigenvalue weighted by molar-refractivity contribution is 0.175. The molecule has 15 heavy (non-hydrogen) atoms. The molecule has 1 heterocycles. The van der Waals surface area contributed by atoms with Crippen LogP contribution in [0.3, 0.4) is 0 Å². The van der Waals surface area contributed by atoms with Crippen molar-refractivity contribution in [2.24, 2.45) is 0 Å². The SMILES string of the molecule is Cc1ccc2c(c1)CN(CCO)C[C@@H]2C. The average Bonchev–Trinajstić information content (AvgIpc) is 2.17. The third-order valence-corrected chi connectivity index (χ3v) is 3.17. The van der Waals surface area contributed by atoms with Gasteiger partial charge in [0.05, 0.1) is 6.61 Å². The summed E-state index contributed by atoms with van der Waals surface area (Å²) >= 11 is 0. The molecule has 0 spiro atoms. The van der Waals surface area contributed by atoms with E-state index in [0.29, 0.717) is 5.92 Å². The van der Waals surface area contributed by atoms with Crippen LogP contribution >= 0.6 is 0 Å². The quantitative estimate of drug-likeness (QED) is 0.797. The number of hydrogen-bond donors (Lipinski definition) is 1. The van der Waals surface area contributed by atoms with Gasteiger partial charge in [-0.3, -0.25) is 4.90 Å². The predicted octanol–water partition coefficient (Wildman–Crippen LogP) is 1.91. The Morgan fingerprint density at radius 2 is 2.27 bits per heavy atom. The zero-order valence-corrected chi connectivity index (χ0v) is 9.53. The Morgan fingerprint density at radius 1 is 1.47 bits per heavy atom. The summed E-state index contributed by atoms with van der Waals surface area (Å²) in [6.07, 6.45) is 0. The first-order valence-corrected chi connectivity index (χ1v) is 5.63. The monoisotopic (exact) mass is 205 g/mol. The summed E-state index contributed by atoms with van der Waals surface area (Å²) < 4.78 is 0. The lowest BCUT2D eigenvalue weighted by atomic mass is 9.90. The van der Waals surface area contributed by atoms with E-state index in [9.17, 15) is 0 Å². The first-order valence-electron chi connectivity index (χ1n) is 5.63. The molecule has 0 fully saturated rings. The molecule has 1 atom stereocenters. The lowest BCUT2D eigenvalue weighted by Gasteiger charge is -2.32. The molecule has 1 N–H and O–H groups in total. The smallest absolute Gasteiger partial charge is 0.0558 e. The van der Waals surface area contributed by atoms with E-state index in [1.54, 1.807) is 0 Å². The molecule has 1 aliphatic rings. The molecule has 1 aliphatic heterocycles. The minimum Gasteiger partial charge on any atom is -0.395 e. The van der Waals surface area contributed by atoms with E-state index >= 15 is 0 Å². The van der Waals surface area contributed by atoms with Crippen LogP contribution in [0, 0.1) is 6.92 Å². The van der Waals surface area contributed by atoms with Gasteiger partial charge in [0, 0.05) is 19.6 Å². The van der Waals surface area contributed by atoms with Gasteiger partial charge in [-0.05, 0) is 24.0 Å². The number of rotatable bonds is 2. The second kappa shape index (κ2) is 4.33. The molecule has 0 radical (unpaired) electrons. The molecule has 0 bridgehead atoms. The number of nitrogens with zero attached hydrogens (tertiary/aromatic N) is 1. The largest absolute Gasteiger partial charge is 0.395 e. The van der Waals surface area contributed by atoms with E-state index in [2.05, 4.69) is 36.9 Å². The summed E-state index contributed by atoms with van der Waals surface area (Å²) in [6, 6.07) is 6.72. The maximum Gasteiger partial charge on any atom is 0.0558 e. The number of β-amino-alcohol motifs (C(OH)–C–C–N with tert-alkyl or cyclic N) is 1. The van der Waals surface area contributed by atoms with Crippen molar-refractivity contribution in [1.82, 2.24) is 4.90 Å². The van der Waals surface area contributed by atoms with Crippen LogP contribution in [-0.4, -0.2) is 29.7 Å². The van der Waals surface area contributed by atoms with Crippen LogP contribution in [0.2, 0.25) is 0 Å². The van der Waals surface area contributed by atoms with E-state index in [1.807, 2.05) is 0 Å². The van der Waals surface area contributed by atoms with Crippen molar-refractivity contribution in [3.05, 3.63) is 34.9 Å². The number of fused-ring (bicyclic) bond motifs is 1.